The number of rotatable bonds is 4. The van der Waals surface area contributed by atoms with E-state index in [0.717, 1.165) is 42.4 Å². The van der Waals surface area contributed by atoms with Crippen LogP contribution in [0.1, 0.15) is 97.3 Å². The van der Waals surface area contributed by atoms with Gasteiger partial charge in [-0.3, -0.25) is 4.79 Å². The van der Waals surface area contributed by atoms with Gasteiger partial charge < -0.3 is 5.11 Å². The molecule has 2 nitrogen and oxygen atoms in total. The van der Waals surface area contributed by atoms with Gasteiger partial charge in [0.2, 0.25) is 0 Å². The first-order chi connectivity index (χ1) is 11.9. The maximum Gasteiger partial charge on any atom is 0.303 e. The fraction of sp³-hybridized carbons (Fsp3) is 0.957. The van der Waals surface area contributed by atoms with Crippen molar-refractivity contribution in [1.29, 1.82) is 0 Å². The smallest absolute Gasteiger partial charge is 0.303 e. The molecule has 0 aromatic carbocycles. The molecule has 0 aromatic heterocycles. The standard InChI is InChI=1S/C23H38O2/c1-22-14-4-3-6-16(22)9-11-18-19-12-10-17(7-5-8-21(24)25)23(19,2)15-13-20(18)22/h16-20H,3-15H2,1-2H3,(H,24,25)/t16-,17?,18?,19?,20?,22?,23?/m0/s1. The van der Waals surface area contributed by atoms with E-state index in [4.69, 9.17) is 5.11 Å². The van der Waals surface area contributed by atoms with Crippen molar-refractivity contribution >= 4 is 5.97 Å². The van der Waals surface area contributed by atoms with E-state index in [1.165, 1.54) is 64.2 Å². The Balaban J connectivity index is 1.48. The molecule has 0 aromatic rings. The van der Waals surface area contributed by atoms with E-state index in [9.17, 15) is 4.79 Å². The van der Waals surface area contributed by atoms with Crippen molar-refractivity contribution in [2.24, 2.45) is 40.4 Å². The largest absolute Gasteiger partial charge is 0.481 e. The lowest BCUT2D eigenvalue weighted by atomic mass is 9.45. The van der Waals surface area contributed by atoms with E-state index in [0.29, 0.717) is 17.3 Å². The number of carbonyl (C=O) groups is 1. The van der Waals surface area contributed by atoms with Crippen molar-refractivity contribution in [2.75, 3.05) is 0 Å². The highest BCUT2D eigenvalue weighted by molar-refractivity contribution is 5.66. The van der Waals surface area contributed by atoms with Crippen LogP contribution in [0.5, 0.6) is 0 Å². The number of fused-ring (bicyclic) bond motifs is 5. The Morgan fingerprint density at radius 2 is 1.72 bits per heavy atom. The van der Waals surface area contributed by atoms with Gasteiger partial charge in [0.15, 0.2) is 0 Å². The van der Waals surface area contributed by atoms with Gasteiger partial charge in [-0.25, -0.2) is 0 Å². The summed E-state index contributed by atoms with van der Waals surface area (Å²) in [6.45, 7) is 5.25. The SMILES string of the molecule is CC12CCC3C(CC[C@@H]4CCCCC34C)C1CCC2CCCC(=O)O. The van der Waals surface area contributed by atoms with Gasteiger partial charge in [-0.15, -0.1) is 0 Å². The molecule has 0 spiro atoms. The lowest BCUT2D eigenvalue weighted by molar-refractivity contribution is -0.137. The minimum Gasteiger partial charge on any atom is -0.481 e. The summed E-state index contributed by atoms with van der Waals surface area (Å²) in [6, 6.07) is 0. The van der Waals surface area contributed by atoms with Crippen molar-refractivity contribution < 1.29 is 9.90 Å². The molecule has 7 atom stereocenters. The Labute approximate surface area is 154 Å². The minimum atomic E-state index is -0.619. The van der Waals surface area contributed by atoms with Gasteiger partial charge in [0, 0.05) is 6.42 Å². The van der Waals surface area contributed by atoms with Crippen molar-refractivity contribution in [3.8, 4) is 0 Å². The van der Waals surface area contributed by atoms with Crippen LogP contribution in [0.2, 0.25) is 0 Å². The Morgan fingerprint density at radius 1 is 0.920 bits per heavy atom. The molecule has 0 radical (unpaired) electrons. The number of carboxylic acid groups (broad SMARTS) is 1. The third-order valence-corrected chi connectivity index (χ3v) is 9.72. The summed E-state index contributed by atoms with van der Waals surface area (Å²) in [4.78, 5) is 10.9. The Kier molecular flexibility index (Phi) is 4.69. The summed E-state index contributed by atoms with van der Waals surface area (Å²) in [7, 11) is 0. The molecule has 0 saturated heterocycles. The highest BCUT2D eigenvalue weighted by Crippen LogP contribution is 2.67. The average molecular weight is 347 g/mol. The first-order valence-electron chi connectivity index (χ1n) is 11.2. The molecule has 0 amide bonds. The van der Waals surface area contributed by atoms with Gasteiger partial charge in [0.25, 0.3) is 0 Å². The monoisotopic (exact) mass is 346 g/mol. The zero-order valence-corrected chi connectivity index (χ0v) is 16.4. The van der Waals surface area contributed by atoms with Gasteiger partial charge in [-0.05, 0) is 105 Å². The van der Waals surface area contributed by atoms with Crippen LogP contribution >= 0.6 is 0 Å². The van der Waals surface area contributed by atoms with Gasteiger partial charge in [-0.2, -0.15) is 0 Å². The fourth-order valence-electron chi connectivity index (χ4n) is 8.38. The molecule has 0 heterocycles. The molecular weight excluding hydrogens is 308 g/mol. The molecular formula is C23H38O2. The number of aliphatic carboxylic acids is 1. The van der Waals surface area contributed by atoms with Gasteiger partial charge >= 0.3 is 5.97 Å². The second kappa shape index (κ2) is 6.57. The average Bonchev–Trinajstić information content (AvgIpc) is 2.91. The zero-order valence-electron chi connectivity index (χ0n) is 16.4. The first kappa shape index (κ1) is 17.9. The van der Waals surface area contributed by atoms with Gasteiger partial charge in [0.1, 0.15) is 0 Å². The van der Waals surface area contributed by atoms with Crippen LogP contribution in [0.25, 0.3) is 0 Å². The lowest BCUT2D eigenvalue weighted by Gasteiger charge is -2.60. The molecule has 0 aliphatic heterocycles. The summed E-state index contributed by atoms with van der Waals surface area (Å²) in [6.07, 6.45) is 17.0. The van der Waals surface area contributed by atoms with Crippen molar-refractivity contribution in [1.82, 2.24) is 0 Å². The molecule has 4 rings (SSSR count). The van der Waals surface area contributed by atoms with Gasteiger partial charge in [0.05, 0.1) is 0 Å². The van der Waals surface area contributed by atoms with Crippen molar-refractivity contribution in [3.63, 3.8) is 0 Å². The number of hydrogen-bond acceptors (Lipinski definition) is 1. The third-order valence-electron chi connectivity index (χ3n) is 9.72. The highest BCUT2D eigenvalue weighted by atomic mass is 16.4. The zero-order chi connectivity index (χ0) is 17.7. The lowest BCUT2D eigenvalue weighted by Crippen LogP contribution is -2.52. The maximum absolute atomic E-state index is 10.9. The predicted molar refractivity (Wildman–Crippen MR) is 101 cm³/mol. The molecule has 4 fully saturated rings. The predicted octanol–water partition coefficient (Wildman–Crippen LogP) is 6.29. The van der Waals surface area contributed by atoms with E-state index < -0.39 is 5.97 Å². The van der Waals surface area contributed by atoms with Crippen LogP contribution < -0.4 is 0 Å². The maximum atomic E-state index is 10.9. The van der Waals surface area contributed by atoms with Crippen LogP contribution in [0.4, 0.5) is 0 Å². The Hall–Kier alpha value is -0.530. The topological polar surface area (TPSA) is 37.3 Å². The normalized spacial score (nSPS) is 49.1. The molecule has 0 bridgehead atoms. The fourth-order valence-corrected chi connectivity index (χ4v) is 8.38. The molecule has 1 N–H and O–H groups in total. The van der Waals surface area contributed by atoms with Crippen molar-refractivity contribution in [2.45, 2.75) is 97.3 Å². The summed E-state index contributed by atoms with van der Waals surface area (Å²) in [5.74, 6) is 4.08. The van der Waals surface area contributed by atoms with Crippen molar-refractivity contribution in [3.05, 3.63) is 0 Å². The highest BCUT2D eigenvalue weighted by Gasteiger charge is 2.59. The molecule has 4 aliphatic rings. The number of carboxylic acids is 1. The first-order valence-corrected chi connectivity index (χ1v) is 11.2. The van der Waals surface area contributed by atoms with E-state index in [2.05, 4.69) is 13.8 Å². The van der Waals surface area contributed by atoms with Gasteiger partial charge in [-0.1, -0.05) is 26.7 Å². The summed E-state index contributed by atoms with van der Waals surface area (Å²) in [5.41, 5.74) is 1.15. The van der Waals surface area contributed by atoms with E-state index in [1.54, 1.807) is 0 Å². The van der Waals surface area contributed by atoms with E-state index in [1.807, 2.05) is 0 Å². The quantitative estimate of drug-likeness (QED) is 0.649. The third kappa shape index (κ3) is 2.86. The summed E-state index contributed by atoms with van der Waals surface area (Å²) < 4.78 is 0. The molecule has 4 saturated carbocycles. The van der Waals surface area contributed by atoms with Crippen LogP contribution in [-0.2, 0) is 4.79 Å². The summed E-state index contributed by atoms with van der Waals surface area (Å²) in [5, 5.41) is 8.98. The summed E-state index contributed by atoms with van der Waals surface area (Å²) >= 11 is 0. The van der Waals surface area contributed by atoms with Crippen LogP contribution in [0.15, 0.2) is 0 Å². The van der Waals surface area contributed by atoms with E-state index in [-0.39, 0.29) is 0 Å². The van der Waals surface area contributed by atoms with Crippen LogP contribution in [0.3, 0.4) is 0 Å². The Bertz CT molecular complexity index is 514. The second-order valence-corrected chi connectivity index (χ2v) is 10.5. The van der Waals surface area contributed by atoms with Crippen LogP contribution in [0, 0.1) is 40.4 Å². The molecule has 6 unspecified atom stereocenters. The van der Waals surface area contributed by atoms with Crippen LogP contribution in [-0.4, -0.2) is 11.1 Å². The molecule has 4 aliphatic carbocycles. The second-order valence-electron chi connectivity index (χ2n) is 10.5. The molecule has 142 valence electrons. The van der Waals surface area contributed by atoms with E-state index >= 15 is 0 Å². The Morgan fingerprint density at radius 3 is 2.52 bits per heavy atom. The molecule has 2 heteroatoms. The minimum absolute atomic E-state index is 0.364. The molecule has 25 heavy (non-hydrogen) atoms. The number of hydrogen-bond donors (Lipinski definition) is 1.